The van der Waals surface area contributed by atoms with E-state index in [1.54, 1.807) is 11.8 Å². The zero-order valence-electron chi connectivity index (χ0n) is 13.2. The first-order chi connectivity index (χ1) is 9.92. The summed E-state index contributed by atoms with van der Waals surface area (Å²) < 4.78 is 0. The molecule has 0 saturated carbocycles. The van der Waals surface area contributed by atoms with Gasteiger partial charge in [-0.05, 0) is 32.8 Å². The highest BCUT2D eigenvalue weighted by molar-refractivity contribution is 6.00. The maximum atomic E-state index is 12.7. The summed E-state index contributed by atoms with van der Waals surface area (Å²) in [6, 6.07) is 9.11. The Morgan fingerprint density at radius 2 is 1.90 bits per heavy atom. The number of piperazine rings is 1. The van der Waals surface area contributed by atoms with Crippen LogP contribution in [0.3, 0.4) is 0 Å². The molecule has 1 saturated heterocycles. The van der Waals surface area contributed by atoms with Crippen molar-refractivity contribution in [1.29, 1.82) is 0 Å². The molecule has 114 valence electrons. The fourth-order valence-electron chi connectivity index (χ4n) is 3.18. The van der Waals surface area contributed by atoms with Crippen LogP contribution in [0.4, 0.5) is 0 Å². The largest absolute Gasteiger partial charge is 0.342 e. The molecular weight excluding hydrogens is 264 g/mol. The Morgan fingerprint density at radius 3 is 2.48 bits per heavy atom. The average molecular weight is 288 g/mol. The van der Waals surface area contributed by atoms with Gasteiger partial charge in [-0.1, -0.05) is 43.7 Å². The van der Waals surface area contributed by atoms with Gasteiger partial charge in [-0.25, -0.2) is 0 Å². The van der Waals surface area contributed by atoms with Gasteiger partial charge in [-0.15, -0.1) is 0 Å². The molecule has 0 aromatic heterocycles. The molecule has 0 aliphatic carbocycles. The van der Waals surface area contributed by atoms with Gasteiger partial charge < -0.3 is 10.2 Å². The average Bonchev–Trinajstić information content (AvgIpc) is 2.46. The Kier molecular flexibility index (Phi) is 4.35. The summed E-state index contributed by atoms with van der Waals surface area (Å²) in [5, 5.41) is 2.81. The summed E-state index contributed by atoms with van der Waals surface area (Å²) in [5.74, 6) is -0.120. The van der Waals surface area contributed by atoms with E-state index in [1.165, 1.54) is 0 Å². The number of nitrogens with one attached hydrogen (secondary N) is 1. The Hall–Kier alpha value is -1.84. The van der Waals surface area contributed by atoms with E-state index in [0.29, 0.717) is 0 Å². The predicted molar refractivity (Wildman–Crippen MR) is 82.6 cm³/mol. The topological polar surface area (TPSA) is 49.4 Å². The van der Waals surface area contributed by atoms with Gasteiger partial charge in [0.15, 0.2) is 0 Å². The number of hydrogen-bond donors (Lipinski definition) is 1. The van der Waals surface area contributed by atoms with Crippen molar-refractivity contribution < 1.29 is 9.59 Å². The molecule has 1 heterocycles. The summed E-state index contributed by atoms with van der Waals surface area (Å²) >= 11 is 0. The highest BCUT2D eigenvalue weighted by Crippen LogP contribution is 2.35. The lowest BCUT2D eigenvalue weighted by Gasteiger charge is -2.48. The van der Waals surface area contributed by atoms with E-state index < -0.39 is 11.6 Å². The lowest BCUT2D eigenvalue weighted by atomic mass is 9.84. The summed E-state index contributed by atoms with van der Waals surface area (Å²) in [5.41, 5.74) is -0.0925. The quantitative estimate of drug-likeness (QED) is 0.925. The number of carbonyl (C=O) groups is 2. The van der Waals surface area contributed by atoms with Gasteiger partial charge in [0.05, 0.1) is 0 Å². The van der Waals surface area contributed by atoms with Crippen molar-refractivity contribution in [2.75, 3.05) is 0 Å². The van der Waals surface area contributed by atoms with Crippen LogP contribution in [-0.2, 0) is 15.1 Å². The van der Waals surface area contributed by atoms with Gasteiger partial charge in [0.2, 0.25) is 5.91 Å². The highest BCUT2D eigenvalue weighted by atomic mass is 16.2. The summed E-state index contributed by atoms with van der Waals surface area (Å²) in [4.78, 5) is 27.1. The van der Waals surface area contributed by atoms with E-state index in [-0.39, 0.29) is 17.9 Å². The molecule has 2 amide bonds. The van der Waals surface area contributed by atoms with Crippen molar-refractivity contribution in [3.8, 4) is 0 Å². The minimum atomic E-state index is -0.945. The van der Waals surface area contributed by atoms with Crippen LogP contribution in [0, 0.1) is 0 Å². The highest BCUT2D eigenvalue weighted by Gasteiger charge is 2.50. The first kappa shape index (κ1) is 15.5. The van der Waals surface area contributed by atoms with Gasteiger partial charge in [0, 0.05) is 6.04 Å². The summed E-state index contributed by atoms with van der Waals surface area (Å²) in [6.07, 6.45) is 1.86. The van der Waals surface area contributed by atoms with Gasteiger partial charge in [-0.3, -0.25) is 9.59 Å². The molecule has 2 rings (SSSR count). The molecule has 1 N–H and O–H groups in total. The van der Waals surface area contributed by atoms with Crippen molar-refractivity contribution in [2.45, 2.75) is 58.2 Å². The molecule has 4 heteroatoms. The second-order valence-electron chi connectivity index (χ2n) is 5.98. The molecule has 1 aliphatic rings. The van der Waals surface area contributed by atoms with E-state index in [0.717, 1.165) is 18.4 Å². The van der Waals surface area contributed by atoms with Crippen molar-refractivity contribution in [1.82, 2.24) is 10.2 Å². The normalized spacial score (nSPS) is 27.4. The van der Waals surface area contributed by atoms with Gasteiger partial charge >= 0.3 is 0 Å². The molecule has 21 heavy (non-hydrogen) atoms. The molecule has 4 nitrogen and oxygen atoms in total. The Balaban J connectivity index is 2.52. The third-order valence-corrected chi connectivity index (χ3v) is 4.36. The molecule has 1 aromatic rings. The van der Waals surface area contributed by atoms with Crippen LogP contribution < -0.4 is 5.32 Å². The van der Waals surface area contributed by atoms with Crippen molar-refractivity contribution in [2.24, 2.45) is 0 Å². The lowest BCUT2D eigenvalue weighted by molar-refractivity contribution is -0.160. The van der Waals surface area contributed by atoms with Crippen LogP contribution in [0.2, 0.25) is 0 Å². The minimum absolute atomic E-state index is 0.0121. The Morgan fingerprint density at radius 1 is 1.29 bits per heavy atom. The van der Waals surface area contributed by atoms with Crippen LogP contribution in [0.15, 0.2) is 30.3 Å². The number of benzene rings is 1. The van der Waals surface area contributed by atoms with E-state index in [1.807, 2.05) is 44.2 Å². The molecule has 0 spiro atoms. The monoisotopic (exact) mass is 288 g/mol. The summed E-state index contributed by atoms with van der Waals surface area (Å²) in [7, 11) is 0. The van der Waals surface area contributed by atoms with Gasteiger partial charge in [-0.2, -0.15) is 0 Å². The standard InChI is InChI=1S/C17H24N2O2/c1-5-9-12(2)19-15(20)13(3)18-16(21)17(19,4)14-10-7-6-8-11-14/h6-8,10-13H,5,9H2,1-4H3,(H,18,21). The zero-order valence-corrected chi connectivity index (χ0v) is 13.2. The number of hydrogen-bond acceptors (Lipinski definition) is 2. The first-order valence-corrected chi connectivity index (χ1v) is 7.62. The molecule has 1 aliphatic heterocycles. The fourth-order valence-corrected chi connectivity index (χ4v) is 3.18. The van der Waals surface area contributed by atoms with E-state index in [2.05, 4.69) is 12.2 Å². The molecule has 0 radical (unpaired) electrons. The van der Waals surface area contributed by atoms with Crippen molar-refractivity contribution >= 4 is 11.8 Å². The van der Waals surface area contributed by atoms with E-state index in [9.17, 15) is 9.59 Å². The second-order valence-corrected chi connectivity index (χ2v) is 5.98. The minimum Gasteiger partial charge on any atom is -0.342 e. The van der Waals surface area contributed by atoms with Crippen LogP contribution in [0.1, 0.15) is 46.1 Å². The number of rotatable bonds is 4. The van der Waals surface area contributed by atoms with Gasteiger partial charge in [0.25, 0.3) is 5.91 Å². The van der Waals surface area contributed by atoms with Crippen molar-refractivity contribution in [3.63, 3.8) is 0 Å². The Labute approximate surface area is 126 Å². The second kappa shape index (κ2) is 5.88. The number of amides is 2. The first-order valence-electron chi connectivity index (χ1n) is 7.62. The predicted octanol–water partition coefficient (Wildman–Crippen LogP) is 2.44. The smallest absolute Gasteiger partial charge is 0.251 e. The van der Waals surface area contributed by atoms with Crippen LogP contribution in [0.5, 0.6) is 0 Å². The van der Waals surface area contributed by atoms with Crippen LogP contribution in [-0.4, -0.2) is 28.8 Å². The molecular formula is C17H24N2O2. The molecule has 1 fully saturated rings. The third kappa shape index (κ3) is 2.55. The molecule has 3 unspecified atom stereocenters. The van der Waals surface area contributed by atoms with E-state index in [4.69, 9.17) is 0 Å². The number of carbonyl (C=O) groups excluding carboxylic acids is 2. The molecule has 3 atom stereocenters. The fraction of sp³-hybridized carbons (Fsp3) is 0.529. The van der Waals surface area contributed by atoms with Gasteiger partial charge in [0.1, 0.15) is 11.6 Å². The maximum Gasteiger partial charge on any atom is 0.251 e. The van der Waals surface area contributed by atoms with E-state index >= 15 is 0 Å². The zero-order chi connectivity index (χ0) is 15.6. The van der Waals surface area contributed by atoms with Crippen LogP contribution in [0.25, 0.3) is 0 Å². The maximum absolute atomic E-state index is 12.7. The molecule has 1 aromatic carbocycles. The lowest BCUT2D eigenvalue weighted by Crippen LogP contribution is -2.69. The molecule has 0 bridgehead atoms. The SMILES string of the molecule is CCCC(C)N1C(=O)C(C)NC(=O)C1(C)c1ccccc1. The summed E-state index contributed by atoms with van der Waals surface area (Å²) in [6.45, 7) is 7.70. The Bertz CT molecular complexity index is 529. The number of nitrogens with zero attached hydrogens (tertiary/aromatic N) is 1. The van der Waals surface area contributed by atoms with Crippen molar-refractivity contribution in [3.05, 3.63) is 35.9 Å². The third-order valence-electron chi connectivity index (χ3n) is 4.36. The van der Waals surface area contributed by atoms with Crippen LogP contribution >= 0.6 is 0 Å².